The van der Waals surface area contributed by atoms with E-state index in [1.54, 1.807) is 0 Å². The fourth-order valence-electron chi connectivity index (χ4n) is 1.54. The standard InChI is InChI=1S/C13H23N3S/c1-9(2)13-15-11(4)8-12(16-13)14-10(3)6-7-17-5/h8-10H,6-7H2,1-5H3,(H,14,15,16). The molecule has 17 heavy (non-hydrogen) atoms. The summed E-state index contributed by atoms with van der Waals surface area (Å²) in [6.07, 6.45) is 3.29. The number of nitrogens with zero attached hydrogens (tertiary/aromatic N) is 2. The Hall–Kier alpha value is -0.770. The number of aromatic nitrogens is 2. The lowest BCUT2D eigenvalue weighted by Gasteiger charge is -2.15. The molecule has 0 aromatic carbocycles. The molecule has 3 nitrogen and oxygen atoms in total. The van der Waals surface area contributed by atoms with Gasteiger partial charge in [-0.1, -0.05) is 13.8 Å². The lowest BCUT2D eigenvalue weighted by atomic mass is 10.2. The molecule has 0 saturated heterocycles. The number of thioether (sulfide) groups is 1. The van der Waals surface area contributed by atoms with Crippen LogP contribution in [0.15, 0.2) is 6.07 Å². The van der Waals surface area contributed by atoms with Gasteiger partial charge in [0.2, 0.25) is 0 Å². The minimum absolute atomic E-state index is 0.372. The first-order valence-electron chi connectivity index (χ1n) is 6.14. The highest BCUT2D eigenvalue weighted by Gasteiger charge is 2.08. The lowest BCUT2D eigenvalue weighted by Crippen LogP contribution is -2.18. The smallest absolute Gasteiger partial charge is 0.133 e. The molecule has 0 aliphatic rings. The van der Waals surface area contributed by atoms with Crippen molar-refractivity contribution in [3.05, 3.63) is 17.6 Å². The van der Waals surface area contributed by atoms with Crippen molar-refractivity contribution >= 4 is 17.6 Å². The monoisotopic (exact) mass is 253 g/mol. The van der Waals surface area contributed by atoms with Gasteiger partial charge in [-0.05, 0) is 32.3 Å². The molecule has 1 N–H and O–H groups in total. The van der Waals surface area contributed by atoms with E-state index in [4.69, 9.17) is 0 Å². The van der Waals surface area contributed by atoms with Gasteiger partial charge in [0.05, 0.1) is 0 Å². The Kier molecular flexibility index (Phi) is 5.75. The maximum absolute atomic E-state index is 4.55. The van der Waals surface area contributed by atoms with Crippen molar-refractivity contribution in [2.75, 3.05) is 17.3 Å². The Morgan fingerprint density at radius 1 is 1.29 bits per heavy atom. The number of anilines is 1. The van der Waals surface area contributed by atoms with Crippen LogP contribution >= 0.6 is 11.8 Å². The van der Waals surface area contributed by atoms with Gasteiger partial charge in [0.1, 0.15) is 11.6 Å². The molecule has 0 aliphatic heterocycles. The zero-order chi connectivity index (χ0) is 12.8. The molecular formula is C13H23N3S. The van der Waals surface area contributed by atoms with E-state index < -0.39 is 0 Å². The van der Waals surface area contributed by atoms with Crippen molar-refractivity contribution in [3.8, 4) is 0 Å². The molecular weight excluding hydrogens is 230 g/mol. The van der Waals surface area contributed by atoms with Crippen LogP contribution in [0.4, 0.5) is 5.82 Å². The van der Waals surface area contributed by atoms with Crippen molar-refractivity contribution in [1.29, 1.82) is 0 Å². The average molecular weight is 253 g/mol. The van der Waals surface area contributed by atoms with Crippen LogP contribution in [0, 0.1) is 6.92 Å². The highest BCUT2D eigenvalue weighted by molar-refractivity contribution is 7.98. The highest BCUT2D eigenvalue weighted by atomic mass is 32.2. The summed E-state index contributed by atoms with van der Waals surface area (Å²) in [6, 6.07) is 2.47. The van der Waals surface area contributed by atoms with Gasteiger partial charge in [0, 0.05) is 23.7 Å². The molecule has 1 unspecified atom stereocenters. The maximum atomic E-state index is 4.55. The molecule has 0 radical (unpaired) electrons. The Labute approximate surface area is 109 Å². The van der Waals surface area contributed by atoms with E-state index >= 15 is 0 Å². The largest absolute Gasteiger partial charge is 0.367 e. The van der Waals surface area contributed by atoms with Crippen LogP contribution < -0.4 is 5.32 Å². The number of nitrogens with one attached hydrogen (secondary N) is 1. The van der Waals surface area contributed by atoms with Gasteiger partial charge in [-0.2, -0.15) is 11.8 Å². The molecule has 0 fully saturated rings. The molecule has 1 atom stereocenters. The van der Waals surface area contributed by atoms with E-state index in [-0.39, 0.29) is 0 Å². The van der Waals surface area contributed by atoms with Crippen LogP contribution in [0.1, 0.15) is 44.6 Å². The second kappa shape index (κ2) is 6.84. The van der Waals surface area contributed by atoms with Gasteiger partial charge in [-0.25, -0.2) is 9.97 Å². The normalized spacial score (nSPS) is 12.8. The molecule has 0 amide bonds. The predicted octanol–water partition coefficient (Wildman–Crippen LogP) is 3.46. The second-order valence-electron chi connectivity index (χ2n) is 4.73. The van der Waals surface area contributed by atoms with Crippen molar-refractivity contribution in [3.63, 3.8) is 0 Å². The minimum atomic E-state index is 0.372. The maximum Gasteiger partial charge on any atom is 0.133 e. The molecule has 96 valence electrons. The molecule has 1 aromatic rings. The van der Waals surface area contributed by atoms with E-state index in [0.717, 1.165) is 23.8 Å². The third-order valence-corrected chi connectivity index (χ3v) is 3.18. The number of hydrogen-bond acceptors (Lipinski definition) is 4. The van der Waals surface area contributed by atoms with Gasteiger partial charge in [-0.3, -0.25) is 0 Å². The summed E-state index contributed by atoms with van der Waals surface area (Å²) in [7, 11) is 0. The zero-order valence-corrected chi connectivity index (χ0v) is 12.3. The predicted molar refractivity (Wildman–Crippen MR) is 76.9 cm³/mol. The lowest BCUT2D eigenvalue weighted by molar-refractivity contribution is 0.741. The van der Waals surface area contributed by atoms with E-state index in [1.165, 1.54) is 5.75 Å². The minimum Gasteiger partial charge on any atom is -0.367 e. The summed E-state index contributed by atoms with van der Waals surface area (Å²) in [4.78, 5) is 9.00. The Bertz CT molecular complexity index is 353. The Morgan fingerprint density at radius 2 is 2.00 bits per heavy atom. The molecule has 0 spiro atoms. The number of hydrogen-bond donors (Lipinski definition) is 1. The topological polar surface area (TPSA) is 37.8 Å². The molecule has 0 saturated carbocycles. The summed E-state index contributed by atoms with van der Waals surface area (Å²) < 4.78 is 0. The summed E-state index contributed by atoms with van der Waals surface area (Å²) in [5.41, 5.74) is 1.03. The van der Waals surface area contributed by atoms with Crippen molar-refractivity contribution in [1.82, 2.24) is 9.97 Å². The zero-order valence-electron chi connectivity index (χ0n) is 11.4. The Morgan fingerprint density at radius 3 is 2.59 bits per heavy atom. The van der Waals surface area contributed by atoms with E-state index in [1.807, 2.05) is 24.8 Å². The molecule has 0 aliphatic carbocycles. The van der Waals surface area contributed by atoms with Gasteiger partial charge in [0.25, 0.3) is 0 Å². The molecule has 1 heterocycles. The molecule has 4 heteroatoms. The van der Waals surface area contributed by atoms with Crippen LogP contribution in [0.5, 0.6) is 0 Å². The van der Waals surface area contributed by atoms with Gasteiger partial charge < -0.3 is 5.32 Å². The summed E-state index contributed by atoms with van der Waals surface area (Å²) in [5, 5.41) is 3.45. The van der Waals surface area contributed by atoms with Crippen LogP contribution in [-0.4, -0.2) is 28.0 Å². The molecule has 1 aromatic heterocycles. The van der Waals surface area contributed by atoms with Crippen LogP contribution in [-0.2, 0) is 0 Å². The van der Waals surface area contributed by atoms with Crippen molar-refractivity contribution < 1.29 is 0 Å². The first-order valence-corrected chi connectivity index (χ1v) is 7.53. The van der Waals surface area contributed by atoms with Crippen molar-refractivity contribution in [2.45, 2.75) is 46.1 Å². The third-order valence-electron chi connectivity index (χ3n) is 2.54. The van der Waals surface area contributed by atoms with Gasteiger partial charge in [-0.15, -0.1) is 0 Å². The first-order chi connectivity index (χ1) is 8.02. The van der Waals surface area contributed by atoms with Crippen LogP contribution in [0.25, 0.3) is 0 Å². The van der Waals surface area contributed by atoms with E-state index in [9.17, 15) is 0 Å². The molecule has 1 rings (SSSR count). The van der Waals surface area contributed by atoms with E-state index in [0.29, 0.717) is 12.0 Å². The highest BCUT2D eigenvalue weighted by Crippen LogP contribution is 2.15. The van der Waals surface area contributed by atoms with Gasteiger partial charge >= 0.3 is 0 Å². The number of rotatable bonds is 6. The quantitative estimate of drug-likeness (QED) is 0.842. The van der Waals surface area contributed by atoms with Crippen LogP contribution in [0.2, 0.25) is 0 Å². The fourth-order valence-corrected chi connectivity index (χ4v) is 2.13. The summed E-state index contributed by atoms with van der Waals surface area (Å²) in [5.74, 6) is 3.42. The van der Waals surface area contributed by atoms with E-state index in [2.05, 4.69) is 42.3 Å². The van der Waals surface area contributed by atoms with Gasteiger partial charge in [0.15, 0.2) is 0 Å². The first kappa shape index (κ1) is 14.3. The summed E-state index contributed by atoms with van der Waals surface area (Å²) >= 11 is 1.88. The average Bonchev–Trinajstić information content (AvgIpc) is 2.25. The van der Waals surface area contributed by atoms with Crippen LogP contribution in [0.3, 0.4) is 0 Å². The third kappa shape index (κ3) is 4.94. The second-order valence-corrected chi connectivity index (χ2v) is 5.72. The number of aryl methyl sites for hydroxylation is 1. The fraction of sp³-hybridized carbons (Fsp3) is 0.692. The summed E-state index contributed by atoms with van der Waals surface area (Å²) in [6.45, 7) is 8.46. The Balaban J connectivity index is 2.70. The molecule has 0 bridgehead atoms. The van der Waals surface area contributed by atoms with Crippen molar-refractivity contribution in [2.24, 2.45) is 0 Å². The SMILES string of the molecule is CSCCC(C)Nc1cc(C)nc(C(C)C)n1.